The van der Waals surface area contributed by atoms with Crippen LogP contribution < -0.4 is 0 Å². The first-order valence-electron chi connectivity index (χ1n) is 11.4. The summed E-state index contributed by atoms with van der Waals surface area (Å²) in [6.07, 6.45) is 1.19. The smallest absolute Gasteiger partial charge is 0.0126 e. The van der Waals surface area contributed by atoms with Crippen molar-refractivity contribution in [2.45, 2.75) is 105 Å². The van der Waals surface area contributed by atoms with Gasteiger partial charge in [-0.05, 0) is 91.3 Å². The Bertz CT molecular complexity index is 539. The second-order valence-corrected chi connectivity index (χ2v) is 21.4. The zero-order chi connectivity index (χ0) is 26.4. The molecule has 0 aliphatic rings. The molecular formula is C18H53P15. The Morgan fingerprint density at radius 1 is 0.333 bits per heavy atom. The van der Waals surface area contributed by atoms with Gasteiger partial charge in [0.15, 0.2) is 0 Å². The zero-order valence-electron chi connectivity index (χ0n) is 20.0. The average molecular weight is 734 g/mol. The van der Waals surface area contributed by atoms with Crippen LogP contribution in [0.15, 0.2) is 0 Å². The lowest BCUT2D eigenvalue weighted by Gasteiger charge is -2.42. The van der Waals surface area contributed by atoms with Crippen molar-refractivity contribution < 1.29 is 0 Å². The summed E-state index contributed by atoms with van der Waals surface area (Å²) < 4.78 is 0. The normalized spacial score (nSPS) is 26.5. The SMILES string of the molecule is CCC(P)C(P)C(P)C(P)C(P)C(P)C(P)C(P)C(P)C(P)C(P)C(P)C(P)C(P)C(C)P. The van der Waals surface area contributed by atoms with E-state index in [-0.39, 0.29) is 0 Å². The highest BCUT2D eigenvalue weighted by Crippen LogP contribution is 2.43. The van der Waals surface area contributed by atoms with Crippen LogP contribution in [0, 0.1) is 0 Å². The van der Waals surface area contributed by atoms with Crippen LogP contribution in [0.25, 0.3) is 0 Å². The minimum Gasteiger partial charge on any atom is -0.134 e. The zero-order valence-corrected chi connectivity index (χ0v) is 37.3. The van der Waals surface area contributed by atoms with E-state index in [4.69, 9.17) is 0 Å². The van der Waals surface area contributed by atoms with Crippen LogP contribution in [0.3, 0.4) is 0 Å². The third kappa shape index (κ3) is 12.3. The van der Waals surface area contributed by atoms with Gasteiger partial charge in [0.1, 0.15) is 0 Å². The molecule has 30 atom stereocenters. The van der Waals surface area contributed by atoms with E-state index in [1.165, 1.54) is 6.42 Å². The summed E-state index contributed by atoms with van der Waals surface area (Å²) in [4.78, 5) is 0. The van der Waals surface area contributed by atoms with Crippen molar-refractivity contribution in [3.63, 3.8) is 0 Å². The van der Waals surface area contributed by atoms with Crippen LogP contribution in [0.2, 0.25) is 0 Å². The second-order valence-electron chi connectivity index (χ2n) is 9.44. The van der Waals surface area contributed by atoms with Crippen LogP contribution in [0.5, 0.6) is 0 Å². The van der Waals surface area contributed by atoms with Gasteiger partial charge in [-0.25, -0.2) is 0 Å². The maximum absolute atomic E-state index is 3.18. The standard InChI is InChI=1S/C18H53P15/c1-3-5(20)7(22)9(24)11(26)13(28)15(30)17(32)18(33)16(31)14(29)12(27)10(25)8(23)6(21)4(2)19/h4-18H,3,19-33H2,1-2H3. The van der Waals surface area contributed by atoms with Gasteiger partial charge in [0.05, 0.1) is 0 Å². The fourth-order valence-electron chi connectivity index (χ4n) is 3.73. The molecule has 0 saturated carbocycles. The molecule has 0 aromatic carbocycles. The molecule has 0 aromatic heterocycles. The lowest BCUT2D eigenvalue weighted by atomic mass is 9.99. The van der Waals surface area contributed by atoms with Gasteiger partial charge in [-0.2, -0.15) is 0 Å². The van der Waals surface area contributed by atoms with Gasteiger partial charge in [0, 0.05) is 0 Å². The molecule has 33 heavy (non-hydrogen) atoms. The molecule has 0 aliphatic carbocycles. The van der Waals surface area contributed by atoms with Crippen molar-refractivity contribution in [2.24, 2.45) is 0 Å². The summed E-state index contributed by atoms with van der Waals surface area (Å²) in [5.41, 5.74) is 7.93. The van der Waals surface area contributed by atoms with Gasteiger partial charge in [-0.1, -0.05) is 13.8 Å². The van der Waals surface area contributed by atoms with Crippen molar-refractivity contribution >= 4 is 139 Å². The van der Waals surface area contributed by atoms with Gasteiger partial charge < -0.3 is 0 Å². The predicted octanol–water partition coefficient (Wildman–Crippen LogP) is 5.07. The fraction of sp³-hybridized carbons (Fsp3) is 1.00. The maximum atomic E-state index is 3.18. The van der Waals surface area contributed by atoms with Gasteiger partial charge in [0.25, 0.3) is 0 Å². The minimum atomic E-state index is 0.487. The first-order valence-corrected chi connectivity index (χ1v) is 21.4. The van der Waals surface area contributed by atoms with Crippen LogP contribution in [-0.2, 0) is 0 Å². The van der Waals surface area contributed by atoms with Crippen molar-refractivity contribution in [1.82, 2.24) is 0 Å². The summed E-state index contributed by atoms with van der Waals surface area (Å²) >= 11 is 0. The van der Waals surface area contributed by atoms with Gasteiger partial charge in [0.2, 0.25) is 0 Å². The Hall–Kier alpha value is 6.45. The van der Waals surface area contributed by atoms with Gasteiger partial charge >= 0.3 is 0 Å². The topological polar surface area (TPSA) is 0 Å². The molecule has 0 radical (unpaired) electrons. The molecule has 0 aromatic rings. The molecular weight excluding hydrogens is 681 g/mol. The van der Waals surface area contributed by atoms with Crippen LogP contribution >= 0.6 is 139 Å². The van der Waals surface area contributed by atoms with Crippen LogP contribution in [0.4, 0.5) is 0 Å². The molecule has 0 N–H and O–H groups in total. The predicted molar refractivity (Wildman–Crippen MR) is 218 cm³/mol. The highest BCUT2D eigenvalue weighted by molar-refractivity contribution is 7.32. The van der Waals surface area contributed by atoms with E-state index >= 15 is 0 Å². The Kier molecular flexibility index (Phi) is 23.4. The van der Waals surface area contributed by atoms with Crippen molar-refractivity contribution in [2.75, 3.05) is 0 Å². The van der Waals surface area contributed by atoms with E-state index in [9.17, 15) is 0 Å². The Morgan fingerprint density at radius 3 is 0.697 bits per heavy atom. The highest BCUT2D eigenvalue weighted by atomic mass is 31.0. The summed E-state index contributed by atoms with van der Waals surface area (Å²) in [7, 11) is 46.8. The first-order chi connectivity index (χ1) is 15.0. The Labute approximate surface area is 242 Å². The third-order valence-electron chi connectivity index (χ3n) is 6.91. The van der Waals surface area contributed by atoms with E-state index in [2.05, 4.69) is 152 Å². The third-order valence-corrected chi connectivity index (χ3v) is 26.3. The first kappa shape index (κ1) is 39.5. The molecule has 0 amide bonds. The van der Waals surface area contributed by atoms with E-state index in [0.717, 1.165) is 0 Å². The fourth-order valence-corrected chi connectivity index (χ4v) is 14.1. The summed E-state index contributed by atoms with van der Waals surface area (Å²) in [6.45, 7) is 4.55. The van der Waals surface area contributed by atoms with Crippen molar-refractivity contribution in [3.05, 3.63) is 0 Å². The van der Waals surface area contributed by atoms with E-state index in [1.54, 1.807) is 0 Å². The lowest BCUT2D eigenvalue weighted by Crippen LogP contribution is -2.47. The quantitative estimate of drug-likeness (QED) is 0.207. The highest BCUT2D eigenvalue weighted by Gasteiger charge is 2.38. The van der Waals surface area contributed by atoms with Gasteiger partial charge in [-0.15, -0.1) is 139 Å². The van der Waals surface area contributed by atoms with Crippen LogP contribution in [-0.4, -0.2) is 84.9 Å². The maximum Gasteiger partial charge on any atom is -0.0126 e. The molecule has 0 spiro atoms. The number of hydrogen-bond donors (Lipinski definition) is 0. The molecule has 0 saturated heterocycles. The van der Waals surface area contributed by atoms with Crippen molar-refractivity contribution in [3.8, 4) is 0 Å². The molecule has 30 unspecified atom stereocenters. The molecule has 0 aliphatic heterocycles. The minimum absolute atomic E-state index is 0.487. The van der Waals surface area contributed by atoms with Crippen molar-refractivity contribution in [1.29, 1.82) is 0 Å². The largest absolute Gasteiger partial charge is 0.134 e. The summed E-state index contributed by atoms with van der Waals surface area (Å²) in [6, 6.07) is 0. The number of rotatable bonds is 15. The Morgan fingerprint density at radius 2 is 0.515 bits per heavy atom. The summed E-state index contributed by atoms with van der Waals surface area (Å²) in [5, 5.41) is 0. The van der Waals surface area contributed by atoms with Gasteiger partial charge in [-0.3, -0.25) is 0 Å². The Balaban J connectivity index is 5.24. The number of hydrogen-bond acceptors (Lipinski definition) is 0. The molecule has 15 heteroatoms. The monoisotopic (exact) mass is 734 g/mol. The van der Waals surface area contributed by atoms with E-state index < -0.39 is 0 Å². The van der Waals surface area contributed by atoms with Crippen LogP contribution in [0.1, 0.15) is 20.3 Å². The van der Waals surface area contributed by atoms with E-state index in [0.29, 0.717) is 84.9 Å². The summed E-state index contributed by atoms with van der Waals surface area (Å²) in [5.74, 6) is 0. The molecule has 0 heterocycles. The van der Waals surface area contributed by atoms with E-state index in [1.807, 2.05) is 0 Å². The molecule has 0 nitrogen and oxygen atoms in total. The lowest BCUT2D eigenvalue weighted by molar-refractivity contribution is 0.600. The second kappa shape index (κ2) is 19.6. The average Bonchev–Trinajstić information content (AvgIpc) is 2.81. The molecule has 0 rings (SSSR count). The molecule has 200 valence electrons. The molecule has 0 fully saturated rings. The molecule has 0 bridgehead atoms.